The Morgan fingerprint density at radius 3 is 2.80 bits per heavy atom. The minimum absolute atomic E-state index is 0.192. The molecule has 4 heteroatoms. The van der Waals surface area contributed by atoms with Crippen molar-refractivity contribution in [2.75, 3.05) is 0 Å². The average molecular weight is 206 g/mol. The molecule has 2 aromatic rings. The van der Waals surface area contributed by atoms with E-state index in [1.54, 1.807) is 10.6 Å². The zero-order valence-electron chi connectivity index (χ0n) is 8.33. The molecule has 0 bridgehead atoms. The van der Waals surface area contributed by atoms with E-state index in [2.05, 4.69) is 0 Å². The highest BCUT2D eigenvalue weighted by atomic mass is 19.1. The van der Waals surface area contributed by atoms with Crippen LogP contribution in [0.4, 0.5) is 4.39 Å². The summed E-state index contributed by atoms with van der Waals surface area (Å²) >= 11 is 0. The molecule has 0 aliphatic rings. The van der Waals surface area contributed by atoms with Crippen LogP contribution in [0.15, 0.2) is 29.1 Å². The van der Waals surface area contributed by atoms with Crippen molar-refractivity contribution in [2.45, 2.75) is 6.54 Å². The van der Waals surface area contributed by atoms with Crippen molar-refractivity contribution in [3.8, 4) is 0 Å². The first kappa shape index (κ1) is 9.86. The molecule has 0 aliphatic carbocycles. The molecule has 0 saturated carbocycles. The van der Waals surface area contributed by atoms with E-state index in [1.807, 2.05) is 7.05 Å². The maximum absolute atomic E-state index is 13.0. The summed E-state index contributed by atoms with van der Waals surface area (Å²) in [6.45, 7) is 0.291. The van der Waals surface area contributed by atoms with E-state index < -0.39 is 5.82 Å². The Balaban J connectivity index is 2.93. The topological polar surface area (TPSA) is 48.0 Å². The van der Waals surface area contributed by atoms with Gasteiger partial charge in [-0.3, -0.25) is 4.79 Å². The van der Waals surface area contributed by atoms with Crippen molar-refractivity contribution in [2.24, 2.45) is 12.8 Å². The fraction of sp³-hybridized carbons (Fsp3) is 0.182. The van der Waals surface area contributed by atoms with Crippen molar-refractivity contribution >= 4 is 10.9 Å². The third kappa shape index (κ3) is 1.53. The molecule has 1 aromatic heterocycles. The molecule has 0 spiro atoms. The summed E-state index contributed by atoms with van der Waals surface area (Å²) < 4.78 is 14.8. The van der Waals surface area contributed by atoms with E-state index in [0.29, 0.717) is 17.4 Å². The van der Waals surface area contributed by atoms with E-state index in [0.717, 1.165) is 5.69 Å². The van der Waals surface area contributed by atoms with E-state index in [-0.39, 0.29) is 5.43 Å². The maximum atomic E-state index is 13.0. The summed E-state index contributed by atoms with van der Waals surface area (Å²) in [5.74, 6) is -0.403. The van der Waals surface area contributed by atoms with Gasteiger partial charge in [0.05, 0.1) is 5.52 Å². The third-order valence-corrected chi connectivity index (χ3v) is 2.52. The highest BCUT2D eigenvalue weighted by molar-refractivity contribution is 5.79. The Labute approximate surface area is 85.9 Å². The molecule has 0 amide bonds. The molecule has 0 unspecified atom stereocenters. The van der Waals surface area contributed by atoms with Crippen LogP contribution in [0.2, 0.25) is 0 Å². The molecule has 3 nitrogen and oxygen atoms in total. The van der Waals surface area contributed by atoms with E-state index in [4.69, 9.17) is 5.73 Å². The second kappa shape index (κ2) is 3.47. The van der Waals surface area contributed by atoms with E-state index >= 15 is 0 Å². The number of pyridine rings is 1. The first-order valence-electron chi connectivity index (χ1n) is 4.61. The molecule has 0 saturated heterocycles. The van der Waals surface area contributed by atoms with E-state index in [1.165, 1.54) is 18.2 Å². The Kier molecular flexibility index (Phi) is 2.28. The molecule has 1 aromatic carbocycles. The molecule has 15 heavy (non-hydrogen) atoms. The highest BCUT2D eigenvalue weighted by Crippen LogP contribution is 2.12. The predicted octanol–water partition coefficient (Wildman–Crippen LogP) is 1.14. The van der Waals surface area contributed by atoms with Gasteiger partial charge in [-0.25, -0.2) is 4.39 Å². The second-order valence-corrected chi connectivity index (χ2v) is 3.42. The molecular formula is C11H11FN2O. The Morgan fingerprint density at radius 1 is 1.40 bits per heavy atom. The first-order chi connectivity index (χ1) is 7.13. The number of aryl methyl sites for hydroxylation is 1. The minimum Gasteiger partial charge on any atom is -0.346 e. The number of hydrogen-bond donors (Lipinski definition) is 1. The Hall–Kier alpha value is -1.68. The third-order valence-electron chi connectivity index (χ3n) is 2.52. The van der Waals surface area contributed by atoms with Crippen LogP contribution >= 0.6 is 0 Å². The van der Waals surface area contributed by atoms with Crippen molar-refractivity contribution in [1.82, 2.24) is 4.57 Å². The number of halogens is 1. The number of rotatable bonds is 1. The summed E-state index contributed by atoms with van der Waals surface area (Å²) in [6.07, 6.45) is 0. The van der Waals surface area contributed by atoms with Gasteiger partial charge in [-0.1, -0.05) is 0 Å². The summed E-state index contributed by atoms with van der Waals surface area (Å²) in [4.78, 5) is 11.6. The van der Waals surface area contributed by atoms with Crippen LogP contribution in [0, 0.1) is 5.82 Å². The normalized spacial score (nSPS) is 10.9. The van der Waals surface area contributed by atoms with Crippen LogP contribution in [0.25, 0.3) is 10.9 Å². The van der Waals surface area contributed by atoms with Gasteiger partial charge in [-0.2, -0.15) is 0 Å². The molecular weight excluding hydrogens is 195 g/mol. The lowest BCUT2D eigenvalue weighted by Gasteiger charge is -2.10. The zero-order chi connectivity index (χ0) is 11.0. The van der Waals surface area contributed by atoms with Gasteiger partial charge >= 0.3 is 0 Å². The molecule has 78 valence electrons. The SMILES string of the molecule is Cn1c(CN)cc(=O)c2cc(F)ccc21. The van der Waals surface area contributed by atoms with Crippen LogP contribution in [0.1, 0.15) is 5.69 Å². The lowest BCUT2D eigenvalue weighted by molar-refractivity contribution is 0.629. The maximum Gasteiger partial charge on any atom is 0.189 e. The quantitative estimate of drug-likeness (QED) is 0.760. The van der Waals surface area contributed by atoms with Crippen molar-refractivity contribution in [3.63, 3.8) is 0 Å². The van der Waals surface area contributed by atoms with Crippen LogP contribution in [-0.4, -0.2) is 4.57 Å². The fourth-order valence-corrected chi connectivity index (χ4v) is 1.67. The molecule has 0 atom stereocenters. The standard InChI is InChI=1S/C11H11FN2O/c1-14-8(6-13)5-11(15)9-4-7(12)2-3-10(9)14/h2-5H,6,13H2,1H3. The number of benzene rings is 1. The van der Waals surface area contributed by atoms with Crippen LogP contribution in [0.5, 0.6) is 0 Å². The average Bonchev–Trinajstić information content (AvgIpc) is 2.23. The summed E-state index contributed by atoms with van der Waals surface area (Å²) in [5, 5.41) is 0.384. The van der Waals surface area contributed by atoms with Crippen LogP contribution in [0.3, 0.4) is 0 Å². The van der Waals surface area contributed by atoms with Crippen molar-refractivity contribution < 1.29 is 4.39 Å². The number of aromatic nitrogens is 1. The molecule has 0 radical (unpaired) electrons. The summed E-state index contributed by atoms with van der Waals surface area (Å²) in [6, 6.07) is 5.62. The second-order valence-electron chi connectivity index (χ2n) is 3.42. The van der Waals surface area contributed by atoms with Crippen LogP contribution in [-0.2, 0) is 13.6 Å². The van der Waals surface area contributed by atoms with Gasteiger partial charge < -0.3 is 10.3 Å². The largest absolute Gasteiger partial charge is 0.346 e. The summed E-state index contributed by atoms with van der Waals surface area (Å²) in [7, 11) is 1.81. The number of fused-ring (bicyclic) bond motifs is 1. The van der Waals surface area contributed by atoms with Gasteiger partial charge in [0, 0.05) is 30.7 Å². The van der Waals surface area contributed by atoms with Crippen LogP contribution < -0.4 is 11.2 Å². The van der Waals surface area contributed by atoms with Crippen molar-refractivity contribution in [1.29, 1.82) is 0 Å². The number of nitrogens with two attached hydrogens (primary N) is 1. The fourth-order valence-electron chi connectivity index (χ4n) is 1.67. The molecule has 2 rings (SSSR count). The highest BCUT2D eigenvalue weighted by Gasteiger charge is 2.05. The van der Waals surface area contributed by atoms with Gasteiger partial charge in [0.2, 0.25) is 0 Å². The monoisotopic (exact) mass is 206 g/mol. The molecule has 2 N–H and O–H groups in total. The zero-order valence-corrected chi connectivity index (χ0v) is 8.33. The smallest absolute Gasteiger partial charge is 0.189 e. The first-order valence-corrected chi connectivity index (χ1v) is 4.61. The summed E-state index contributed by atoms with van der Waals surface area (Å²) in [5.41, 5.74) is 6.75. The number of nitrogens with zero attached hydrogens (tertiary/aromatic N) is 1. The predicted molar refractivity (Wildman–Crippen MR) is 57.0 cm³/mol. The van der Waals surface area contributed by atoms with Gasteiger partial charge in [-0.15, -0.1) is 0 Å². The minimum atomic E-state index is -0.403. The lowest BCUT2D eigenvalue weighted by atomic mass is 10.1. The van der Waals surface area contributed by atoms with Gasteiger partial charge in [-0.05, 0) is 18.2 Å². The molecule has 1 heterocycles. The molecule has 0 fully saturated rings. The van der Waals surface area contributed by atoms with Gasteiger partial charge in [0.1, 0.15) is 5.82 Å². The van der Waals surface area contributed by atoms with Crippen molar-refractivity contribution in [3.05, 3.63) is 46.0 Å². The van der Waals surface area contributed by atoms with Gasteiger partial charge in [0.25, 0.3) is 0 Å². The lowest BCUT2D eigenvalue weighted by Crippen LogP contribution is -2.14. The Bertz CT molecular complexity index is 575. The van der Waals surface area contributed by atoms with Gasteiger partial charge in [0.15, 0.2) is 5.43 Å². The number of hydrogen-bond acceptors (Lipinski definition) is 2. The Morgan fingerprint density at radius 2 is 2.13 bits per heavy atom. The van der Waals surface area contributed by atoms with E-state index in [9.17, 15) is 9.18 Å². The molecule has 0 aliphatic heterocycles.